The second-order valence-corrected chi connectivity index (χ2v) is 5.44. The lowest BCUT2D eigenvalue weighted by Crippen LogP contribution is -2.45. The molecule has 0 saturated heterocycles. The van der Waals surface area contributed by atoms with Crippen LogP contribution in [0.3, 0.4) is 0 Å². The number of rotatable bonds is 10. The fraction of sp³-hybridized carbons (Fsp3) is 0.929. The van der Waals surface area contributed by atoms with Gasteiger partial charge in [-0.25, -0.2) is 0 Å². The Balaban J connectivity index is 3.75. The molecule has 2 nitrogen and oxygen atoms in total. The van der Waals surface area contributed by atoms with Crippen LogP contribution in [0.5, 0.6) is 0 Å². The molecule has 0 aliphatic rings. The summed E-state index contributed by atoms with van der Waals surface area (Å²) in [5.41, 5.74) is -0.123. The fourth-order valence-electron chi connectivity index (χ4n) is 1.82. The van der Waals surface area contributed by atoms with Gasteiger partial charge in [0, 0.05) is 17.8 Å². The first-order chi connectivity index (χ1) is 8.08. The second kappa shape index (κ2) is 9.76. The zero-order valence-electron chi connectivity index (χ0n) is 11.7. The van der Waals surface area contributed by atoms with E-state index in [1.165, 1.54) is 25.7 Å². The number of amides is 1. The minimum atomic E-state index is -0.123. The molecule has 0 aliphatic carbocycles. The van der Waals surface area contributed by atoms with Gasteiger partial charge in [-0.3, -0.25) is 4.79 Å². The van der Waals surface area contributed by atoms with Crippen molar-refractivity contribution in [1.82, 2.24) is 5.32 Å². The van der Waals surface area contributed by atoms with Crippen LogP contribution in [-0.2, 0) is 4.79 Å². The molecule has 0 aromatic heterocycles. The maximum absolute atomic E-state index is 11.8. The summed E-state index contributed by atoms with van der Waals surface area (Å²) in [6, 6.07) is 0. The maximum atomic E-state index is 11.8. The molecule has 1 unspecified atom stereocenters. The molecule has 102 valence electrons. The largest absolute Gasteiger partial charge is 0.351 e. The molecule has 0 radical (unpaired) electrons. The van der Waals surface area contributed by atoms with Gasteiger partial charge in [0.15, 0.2) is 0 Å². The van der Waals surface area contributed by atoms with E-state index in [-0.39, 0.29) is 11.4 Å². The number of hydrogen-bond acceptors (Lipinski definition) is 1. The summed E-state index contributed by atoms with van der Waals surface area (Å²) >= 11 is 5.76. The van der Waals surface area contributed by atoms with Gasteiger partial charge in [-0.2, -0.15) is 0 Å². The van der Waals surface area contributed by atoms with Crippen LogP contribution in [0.1, 0.15) is 72.1 Å². The van der Waals surface area contributed by atoms with Crippen LogP contribution in [0.2, 0.25) is 0 Å². The Bertz CT molecular complexity index is 208. The Morgan fingerprint density at radius 2 is 1.82 bits per heavy atom. The minimum absolute atomic E-state index is 0.123. The molecular weight excluding hydrogens is 234 g/mol. The molecule has 0 heterocycles. The molecule has 0 bridgehead atoms. The third kappa shape index (κ3) is 8.48. The normalized spacial score (nSPS) is 14.4. The van der Waals surface area contributed by atoms with E-state index in [2.05, 4.69) is 26.1 Å². The van der Waals surface area contributed by atoms with Crippen molar-refractivity contribution in [1.29, 1.82) is 0 Å². The molecule has 0 saturated carbocycles. The van der Waals surface area contributed by atoms with Crippen molar-refractivity contribution in [2.24, 2.45) is 0 Å². The molecule has 1 N–H and O–H groups in total. The number of halogens is 1. The van der Waals surface area contributed by atoms with E-state index in [1.54, 1.807) is 0 Å². The Morgan fingerprint density at radius 3 is 2.35 bits per heavy atom. The number of nitrogens with one attached hydrogen (secondary N) is 1. The smallest absolute Gasteiger partial charge is 0.220 e. The molecule has 0 spiro atoms. The lowest BCUT2D eigenvalue weighted by molar-refractivity contribution is -0.123. The second-order valence-electron chi connectivity index (χ2n) is 5.07. The predicted molar refractivity (Wildman–Crippen MR) is 75.6 cm³/mol. The predicted octanol–water partition coefficient (Wildman–Crippen LogP) is 4.26. The van der Waals surface area contributed by atoms with Crippen molar-refractivity contribution in [2.45, 2.75) is 77.7 Å². The highest BCUT2D eigenvalue weighted by atomic mass is 35.5. The van der Waals surface area contributed by atoms with E-state index in [4.69, 9.17) is 11.6 Å². The van der Waals surface area contributed by atoms with Crippen LogP contribution in [0.4, 0.5) is 0 Å². The Hall–Kier alpha value is -0.240. The Kier molecular flexibility index (Phi) is 9.62. The molecule has 0 aromatic carbocycles. The topological polar surface area (TPSA) is 29.1 Å². The van der Waals surface area contributed by atoms with Crippen LogP contribution < -0.4 is 5.32 Å². The fourth-order valence-corrected chi connectivity index (χ4v) is 2.24. The first-order valence-corrected chi connectivity index (χ1v) is 7.48. The average molecular weight is 262 g/mol. The Morgan fingerprint density at radius 1 is 1.18 bits per heavy atom. The zero-order valence-corrected chi connectivity index (χ0v) is 12.4. The highest BCUT2D eigenvalue weighted by molar-refractivity contribution is 6.17. The summed E-state index contributed by atoms with van der Waals surface area (Å²) in [5.74, 6) is 0.775. The van der Waals surface area contributed by atoms with E-state index in [9.17, 15) is 4.79 Å². The first-order valence-electron chi connectivity index (χ1n) is 6.95. The van der Waals surface area contributed by atoms with Gasteiger partial charge in [0.1, 0.15) is 0 Å². The summed E-state index contributed by atoms with van der Waals surface area (Å²) < 4.78 is 0. The summed E-state index contributed by atoms with van der Waals surface area (Å²) in [5, 5.41) is 3.11. The number of carbonyl (C=O) groups is 1. The molecule has 17 heavy (non-hydrogen) atoms. The third-order valence-electron chi connectivity index (χ3n) is 3.38. The molecule has 0 fully saturated rings. The number of hydrogen-bond donors (Lipinski definition) is 1. The van der Waals surface area contributed by atoms with Crippen molar-refractivity contribution in [3.63, 3.8) is 0 Å². The quantitative estimate of drug-likeness (QED) is 0.462. The molecular formula is C14H28ClNO. The van der Waals surface area contributed by atoms with Gasteiger partial charge in [-0.05, 0) is 26.2 Å². The molecule has 0 aliphatic heterocycles. The van der Waals surface area contributed by atoms with Crippen molar-refractivity contribution in [3.05, 3.63) is 0 Å². The standard InChI is InChI=1S/C14H28ClNO/c1-4-6-7-8-9-10-13(17)16-14(3,5-2)11-12-15/h4-12H2,1-3H3,(H,16,17). The van der Waals surface area contributed by atoms with E-state index in [0.717, 1.165) is 19.3 Å². The van der Waals surface area contributed by atoms with Gasteiger partial charge >= 0.3 is 0 Å². The van der Waals surface area contributed by atoms with E-state index in [0.29, 0.717) is 12.3 Å². The number of unbranched alkanes of at least 4 members (excludes halogenated alkanes) is 4. The maximum Gasteiger partial charge on any atom is 0.220 e. The lowest BCUT2D eigenvalue weighted by Gasteiger charge is -2.29. The molecule has 1 atom stereocenters. The SMILES string of the molecule is CCCCCCCC(=O)NC(C)(CC)CCCl. The molecule has 0 aromatic rings. The lowest BCUT2D eigenvalue weighted by atomic mass is 9.95. The van der Waals surface area contributed by atoms with Gasteiger partial charge in [-0.1, -0.05) is 39.5 Å². The van der Waals surface area contributed by atoms with Crippen molar-refractivity contribution in [3.8, 4) is 0 Å². The van der Waals surface area contributed by atoms with Crippen LogP contribution in [-0.4, -0.2) is 17.3 Å². The van der Waals surface area contributed by atoms with E-state index >= 15 is 0 Å². The van der Waals surface area contributed by atoms with E-state index in [1.807, 2.05) is 0 Å². The van der Waals surface area contributed by atoms with Crippen molar-refractivity contribution < 1.29 is 4.79 Å². The van der Waals surface area contributed by atoms with E-state index < -0.39 is 0 Å². The average Bonchev–Trinajstić information content (AvgIpc) is 2.29. The van der Waals surface area contributed by atoms with Gasteiger partial charge in [0.05, 0.1) is 0 Å². The molecule has 3 heteroatoms. The summed E-state index contributed by atoms with van der Waals surface area (Å²) in [6.45, 7) is 6.37. The number of alkyl halides is 1. The zero-order chi connectivity index (χ0) is 13.1. The van der Waals surface area contributed by atoms with Gasteiger partial charge in [0.25, 0.3) is 0 Å². The van der Waals surface area contributed by atoms with Gasteiger partial charge in [0.2, 0.25) is 5.91 Å². The van der Waals surface area contributed by atoms with Gasteiger partial charge in [-0.15, -0.1) is 11.6 Å². The van der Waals surface area contributed by atoms with Crippen LogP contribution in [0.25, 0.3) is 0 Å². The van der Waals surface area contributed by atoms with Crippen LogP contribution >= 0.6 is 11.6 Å². The summed E-state index contributed by atoms with van der Waals surface area (Å²) in [6.07, 6.45) is 8.37. The number of carbonyl (C=O) groups excluding carboxylic acids is 1. The summed E-state index contributed by atoms with van der Waals surface area (Å²) in [7, 11) is 0. The molecule has 0 rings (SSSR count). The highest BCUT2D eigenvalue weighted by Gasteiger charge is 2.22. The van der Waals surface area contributed by atoms with Crippen molar-refractivity contribution in [2.75, 3.05) is 5.88 Å². The van der Waals surface area contributed by atoms with Crippen LogP contribution in [0.15, 0.2) is 0 Å². The minimum Gasteiger partial charge on any atom is -0.351 e. The summed E-state index contributed by atoms with van der Waals surface area (Å²) in [4.78, 5) is 11.8. The Labute approximate surface area is 111 Å². The third-order valence-corrected chi connectivity index (χ3v) is 3.56. The monoisotopic (exact) mass is 261 g/mol. The highest BCUT2D eigenvalue weighted by Crippen LogP contribution is 2.16. The molecule has 1 amide bonds. The van der Waals surface area contributed by atoms with Gasteiger partial charge < -0.3 is 5.32 Å². The van der Waals surface area contributed by atoms with Crippen LogP contribution in [0, 0.1) is 0 Å². The first kappa shape index (κ1) is 16.8. The van der Waals surface area contributed by atoms with Crippen molar-refractivity contribution >= 4 is 17.5 Å².